The number of rotatable bonds is 0. The summed E-state index contributed by atoms with van der Waals surface area (Å²) in [6.45, 7) is 0. The molecule has 0 aromatic heterocycles. The summed E-state index contributed by atoms with van der Waals surface area (Å²) in [7, 11) is 0. The minimum absolute atomic E-state index is 0. The predicted molar refractivity (Wildman–Crippen MR) is 48.5 cm³/mol. The number of thiol groups is 1. The normalized spacial score (nSPS) is 8.22. The van der Waals surface area contributed by atoms with Crippen LogP contribution >= 0.6 is 28.6 Å². The molecule has 0 bridgehead atoms. The van der Waals surface area contributed by atoms with E-state index in [-0.39, 0.29) is 18.9 Å². The Kier molecular flexibility index (Phi) is 4.78. The first-order chi connectivity index (χ1) is 3.79. The summed E-state index contributed by atoms with van der Waals surface area (Å²) in [5.74, 6) is 0. The van der Waals surface area contributed by atoms with Gasteiger partial charge in [0.2, 0.25) is 0 Å². The van der Waals surface area contributed by atoms with Crippen molar-refractivity contribution in [3.05, 3.63) is 28.7 Å². The number of hydrogen-bond acceptors (Lipinski definition) is 1. The molecule has 3 heteroatoms. The van der Waals surface area contributed by atoms with Crippen molar-refractivity contribution in [1.29, 1.82) is 0 Å². The van der Waals surface area contributed by atoms with E-state index in [1.165, 1.54) is 0 Å². The molecule has 0 fully saturated rings. The van der Waals surface area contributed by atoms with E-state index in [1.807, 2.05) is 24.3 Å². The van der Waals surface area contributed by atoms with Gasteiger partial charge in [0.25, 0.3) is 0 Å². The molecule has 44 valence electrons. The molecule has 0 saturated heterocycles. The molecule has 1 aromatic carbocycles. The Balaban J connectivity index is 0.000000640. The molecule has 0 aliphatic carbocycles. The summed E-state index contributed by atoms with van der Waals surface area (Å²) in [4.78, 5) is 0.994. The Morgan fingerprint density at radius 1 is 1.11 bits per heavy atom. The molecule has 0 N–H and O–H groups in total. The SMILES string of the molecule is Sc1ccc(Br)cc1.[LiH]. The van der Waals surface area contributed by atoms with Gasteiger partial charge in [0.1, 0.15) is 0 Å². The van der Waals surface area contributed by atoms with Crippen LogP contribution in [0.2, 0.25) is 0 Å². The summed E-state index contributed by atoms with van der Waals surface area (Å²) in [5, 5.41) is 0. The van der Waals surface area contributed by atoms with Crippen LogP contribution < -0.4 is 0 Å². The third kappa shape index (κ3) is 3.37. The third-order valence-electron chi connectivity index (χ3n) is 0.827. The van der Waals surface area contributed by atoms with Gasteiger partial charge >= 0.3 is 18.9 Å². The van der Waals surface area contributed by atoms with Crippen molar-refractivity contribution in [1.82, 2.24) is 0 Å². The molecule has 0 atom stereocenters. The third-order valence-corrected chi connectivity index (χ3v) is 1.65. The van der Waals surface area contributed by atoms with E-state index >= 15 is 0 Å². The summed E-state index contributed by atoms with van der Waals surface area (Å²) < 4.78 is 1.09. The fraction of sp³-hybridized carbons (Fsp3) is 0. The fourth-order valence-corrected chi connectivity index (χ4v) is 0.854. The minimum atomic E-state index is 0. The van der Waals surface area contributed by atoms with E-state index in [2.05, 4.69) is 28.6 Å². The molecule has 0 amide bonds. The van der Waals surface area contributed by atoms with Gasteiger partial charge in [0.05, 0.1) is 0 Å². The summed E-state index contributed by atoms with van der Waals surface area (Å²) in [5.41, 5.74) is 0. The van der Waals surface area contributed by atoms with Crippen LogP contribution in [0.25, 0.3) is 0 Å². The molecule has 0 unspecified atom stereocenters. The number of hydrogen-bond donors (Lipinski definition) is 1. The molecule has 0 nitrogen and oxygen atoms in total. The molecule has 0 aliphatic rings. The topological polar surface area (TPSA) is 0 Å². The van der Waals surface area contributed by atoms with Crippen LogP contribution in [0.3, 0.4) is 0 Å². The van der Waals surface area contributed by atoms with Gasteiger partial charge in [-0.25, -0.2) is 0 Å². The zero-order valence-electron chi connectivity index (χ0n) is 4.13. The molecule has 1 rings (SSSR count). The molecule has 9 heavy (non-hydrogen) atoms. The van der Waals surface area contributed by atoms with Crippen LogP contribution in [-0.2, 0) is 0 Å². The molecule has 0 saturated carbocycles. The van der Waals surface area contributed by atoms with Gasteiger partial charge in [-0.2, -0.15) is 0 Å². The Hall–Kier alpha value is 0.647. The molecular formula is C6H6BrLiS. The summed E-state index contributed by atoms with van der Waals surface area (Å²) in [6, 6.07) is 7.80. The van der Waals surface area contributed by atoms with Crippen molar-refractivity contribution >= 4 is 47.4 Å². The summed E-state index contributed by atoms with van der Waals surface area (Å²) >= 11 is 7.42. The standard InChI is InChI=1S/C6H5BrS.Li.H/c7-5-1-3-6(8)4-2-5;;/h1-4,8H;;. The van der Waals surface area contributed by atoms with E-state index in [1.54, 1.807) is 0 Å². The maximum atomic E-state index is 4.11. The van der Waals surface area contributed by atoms with E-state index < -0.39 is 0 Å². The van der Waals surface area contributed by atoms with E-state index in [9.17, 15) is 0 Å². The Morgan fingerprint density at radius 2 is 1.56 bits per heavy atom. The molecule has 0 radical (unpaired) electrons. The first-order valence-corrected chi connectivity index (χ1v) is 3.47. The van der Waals surface area contributed by atoms with Gasteiger partial charge in [-0.15, -0.1) is 12.6 Å². The van der Waals surface area contributed by atoms with Crippen molar-refractivity contribution in [3.8, 4) is 0 Å². The molecule has 0 aliphatic heterocycles. The zero-order chi connectivity index (χ0) is 5.98. The monoisotopic (exact) mass is 196 g/mol. The Bertz CT molecular complexity index is 152. The Labute approximate surface area is 80.8 Å². The molecule has 0 heterocycles. The van der Waals surface area contributed by atoms with Crippen molar-refractivity contribution in [2.45, 2.75) is 4.90 Å². The second kappa shape index (κ2) is 4.46. The van der Waals surface area contributed by atoms with Crippen LogP contribution in [0.15, 0.2) is 33.6 Å². The van der Waals surface area contributed by atoms with Crippen LogP contribution in [0, 0.1) is 0 Å². The number of benzene rings is 1. The van der Waals surface area contributed by atoms with Gasteiger partial charge in [-0.1, -0.05) is 15.9 Å². The van der Waals surface area contributed by atoms with Crippen molar-refractivity contribution in [2.24, 2.45) is 0 Å². The van der Waals surface area contributed by atoms with E-state index in [0.717, 1.165) is 9.37 Å². The van der Waals surface area contributed by atoms with E-state index in [4.69, 9.17) is 0 Å². The van der Waals surface area contributed by atoms with Gasteiger partial charge in [-0.3, -0.25) is 0 Å². The van der Waals surface area contributed by atoms with Crippen molar-refractivity contribution < 1.29 is 0 Å². The van der Waals surface area contributed by atoms with Crippen LogP contribution in [0.4, 0.5) is 0 Å². The van der Waals surface area contributed by atoms with Crippen LogP contribution in [0.5, 0.6) is 0 Å². The second-order valence-corrected chi connectivity index (χ2v) is 2.91. The maximum absolute atomic E-state index is 4.11. The van der Waals surface area contributed by atoms with Crippen LogP contribution in [0.1, 0.15) is 0 Å². The van der Waals surface area contributed by atoms with E-state index in [0.29, 0.717) is 0 Å². The predicted octanol–water partition coefficient (Wildman–Crippen LogP) is 2.09. The first-order valence-electron chi connectivity index (χ1n) is 2.23. The average Bonchev–Trinajstić information content (AvgIpc) is 1.77. The van der Waals surface area contributed by atoms with Gasteiger partial charge in [0.15, 0.2) is 0 Å². The van der Waals surface area contributed by atoms with Gasteiger partial charge < -0.3 is 0 Å². The average molecular weight is 197 g/mol. The second-order valence-electron chi connectivity index (χ2n) is 1.48. The molecule has 0 spiro atoms. The molecular weight excluding hydrogens is 191 g/mol. The van der Waals surface area contributed by atoms with Crippen molar-refractivity contribution in [2.75, 3.05) is 0 Å². The summed E-state index contributed by atoms with van der Waals surface area (Å²) in [6.07, 6.45) is 0. The quantitative estimate of drug-likeness (QED) is 0.477. The number of halogens is 1. The first kappa shape index (κ1) is 9.65. The van der Waals surface area contributed by atoms with Crippen LogP contribution in [-0.4, -0.2) is 18.9 Å². The fourth-order valence-electron chi connectivity index (χ4n) is 0.441. The van der Waals surface area contributed by atoms with Crippen molar-refractivity contribution in [3.63, 3.8) is 0 Å². The Morgan fingerprint density at radius 3 is 1.89 bits per heavy atom. The van der Waals surface area contributed by atoms with Gasteiger partial charge in [0, 0.05) is 9.37 Å². The molecule has 1 aromatic rings. The zero-order valence-corrected chi connectivity index (χ0v) is 6.62. The van der Waals surface area contributed by atoms with Gasteiger partial charge in [-0.05, 0) is 24.3 Å².